The maximum Gasteiger partial charge on any atom is 0.243 e. The second-order valence-electron chi connectivity index (χ2n) is 7.66. The Labute approximate surface area is 194 Å². The molecule has 3 rings (SSSR count). The first kappa shape index (κ1) is 24.4. The molecule has 0 heterocycles. The lowest BCUT2D eigenvalue weighted by atomic mass is 10.1. The molecule has 3 aromatic rings. The molecule has 0 saturated carbocycles. The average Bonchev–Trinajstić information content (AvgIpc) is 2.81. The van der Waals surface area contributed by atoms with Crippen molar-refractivity contribution in [2.24, 2.45) is 0 Å². The normalized spacial score (nSPS) is 11.4. The molecule has 33 heavy (non-hydrogen) atoms. The number of nitrogens with zero attached hydrogens (tertiary/aromatic N) is 1. The van der Waals surface area contributed by atoms with Crippen LogP contribution in [-0.4, -0.2) is 38.8 Å². The number of carbonyl (C=O) groups is 1. The summed E-state index contributed by atoms with van der Waals surface area (Å²) in [6.45, 7) is 1.82. The number of hydrogen-bond acceptors (Lipinski definition) is 4. The molecule has 8 heteroatoms. The van der Waals surface area contributed by atoms with E-state index in [9.17, 15) is 17.6 Å². The first-order valence-corrected chi connectivity index (χ1v) is 11.9. The van der Waals surface area contributed by atoms with Crippen LogP contribution in [0.2, 0.25) is 0 Å². The van der Waals surface area contributed by atoms with Gasteiger partial charge in [0.25, 0.3) is 0 Å². The van der Waals surface area contributed by atoms with E-state index in [0.29, 0.717) is 18.5 Å². The number of benzene rings is 3. The molecule has 0 radical (unpaired) electrons. The maximum atomic E-state index is 13.3. The van der Waals surface area contributed by atoms with Gasteiger partial charge in [-0.05, 0) is 60.9 Å². The van der Waals surface area contributed by atoms with Gasteiger partial charge in [0.2, 0.25) is 15.9 Å². The van der Waals surface area contributed by atoms with Gasteiger partial charge in [0.05, 0.1) is 18.6 Å². The summed E-state index contributed by atoms with van der Waals surface area (Å²) in [5.74, 6) is -0.0789. The average molecular weight is 471 g/mol. The number of carbonyl (C=O) groups excluding carboxylic acids is 1. The molecule has 0 aliphatic carbocycles. The van der Waals surface area contributed by atoms with Crippen molar-refractivity contribution in [1.82, 2.24) is 9.62 Å². The number of hydrogen-bond donors (Lipinski definition) is 1. The molecule has 0 aliphatic heterocycles. The molecular weight excluding hydrogens is 443 g/mol. The molecular formula is C25H27FN2O4S. The van der Waals surface area contributed by atoms with Crippen LogP contribution in [0.3, 0.4) is 0 Å². The van der Waals surface area contributed by atoms with Crippen LogP contribution >= 0.6 is 0 Å². The van der Waals surface area contributed by atoms with Crippen LogP contribution in [0.1, 0.15) is 16.7 Å². The number of methoxy groups -OCH3 is 1. The number of nitrogens with one attached hydrogen (secondary N) is 1. The van der Waals surface area contributed by atoms with E-state index >= 15 is 0 Å². The van der Waals surface area contributed by atoms with E-state index in [0.717, 1.165) is 21.2 Å². The van der Waals surface area contributed by atoms with Gasteiger partial charge < -0.3 is 10.1 Å². The van der Waals surface area contributed by atoms with E-state index < -0.39 is 21.7 Å². The second kappa shape index (κ2) is 11.1. The quantitative estimate of drug-likeness (QED) is 0.490. The first-order valence-electron chi connectivity index (χ1n) is 10.5. The summed E-state index contributed by atoms with van der Waals surface area (Å²) in [6, 6.07) is 19.5. The molecule has 0 unspecified atom stereocenters. The maximum absolute atomic E-state index is 13.3. The van der Waals surface area contributed by atoms with Crippen LogP contribution in [0.4, 0.5) is 4.39 Å². The van der Waals surface area contributed by atoms with E-state index in [4.69, 9.17) is 4.74 Å². The van der Waals surface area contributed by atoms with Crippen molar-refractivity contribution in [3.05, 3.63) is 95.3 Å². The molecule has 3 aromatic carbocycles. The van der Waals surface area contributed by atoms with E-state index in [2.05, 4.69) is 5.32 Å². The van der Waals surface area contributed by atoms with Crippen molar-refractivity contribution >= 4 is 15.9 Å². The number of amides is 1. The van der Waals surface area contributed by atoms with E-state index in [1.54, 1.807) is 19.2 Å². The molecule has 1 N–H and O–H groups in total. The fraction of sp³-hybridized carbons (Fsp3) is 0.240. The Bertz CT molecular complexity index is 1160. The smallest absolute Gasteiger partial charge is 0.243 e. The Hall–Kier alpha value is -3.23. The van der Waals surface area contributed by atoms with Crippen molar-refractivity contribution in [2.75, 3.05) is 20.2 Å². The van der Waals surface area contributed by atoms with Crippen LogP contribution in [-0.2, 0) is 27.8 Å². The van der Waals surface area contributed by atoms with Gasteiger partial charge in [0.15, 0.2) is 0 Å². The van der Waals surface area contributed by atoms with Gasteiger partial charge in [-0.2, -0.15) is 4.31 Å². The van der Waals surface area contributed by atoms with Crippen LogP contribution in [0.25, 0.3) is 0 Å². The number of aryl methyl sites for hydroxylation is 1. The third kappa shape index (κ3) is 6.87. The Kier molecular flexibility index (Phi) is 8.19. The lowest BCUT2D eigenvalue weighted by Gasteiger charge is -2.22. The minimum Gasteiger partial charge on any atom is -0.497 e. The SMILES string of the molecule is COc1ccc(CCNC(=O)CN(Cc2ccc(F)cc2)S(=O)(=O)c2ccc(C)cc2)cc1. The molecule has 174 valence electrons. The molecule has 0 atom stereocenters. The Morgan fingerprint density at radius 2 is 1.55 bits per heavy atom. The van der Waals surface area contributed by atoms with Crippen molar-refractivity contribution in [3.63, 3.8) is 0 Å². The Balaban J connectivity index is 1.70. The number of sulfonamides is 1. The lowest BCUT2D eigenvalue weighted by molar-refractivity contribution is -0.121. The van der Waals surface area contributed by atoms with Crippen molar-refractivity contribution in [1.29, 1.82) is 0 Å². The largest absolute Gasteiger partial charge is 0.497 e. The molecule has 0 fully saturated rings. The summed E-state index contributed by atoms with van der Waals surface area (Å²) >= 11 is 0. The monoisotopic (exact) mass is 470 g/mol. The predicted octanol–water partition coefficient (Wildman–Crippen LogP) is 3.69. The van der Waals surface area contributed by atoms with Gasteiger partial charge >= 0.3 is 0 Å². The van der Waals surface area contributed by atoms with E-state index in [1.165, 1.54) is 36.4 Å². The topological polar surface area (TPSA) is 75.7 Å². The lowest BCUT2D eigenvalue weighted by Crippen LogP contribution is -2.40. The van der Waals surface area contributed by atoms with Gasteiger partial charge in [-0.3, -0.25) is 4.79 Å². The van der Waals surface area contributed by atoms with Crippen molar-refractivity contribution in [2.45, 2.75) is 24.8 Å². The van der Waals surface area contributed by atoms with Gasteiger partial charge in [0, 0.05) is 13.1 Å². The predicted molar refractivity (Wildman–Crippen MR) is 125 cm³/mol. The van der Waals surface area contributed by atoms with Crippen molar-refractivity contribution < 1.29 is 22.3 Å². The highest BCUT2D eigenvalue weighted by Gasteiger charge is 2.27. The van der Waals surface area contributed by atoms with Crippen LogP contribution in [0, 0.1) is 12.7 Å². The third-order valence-corrected chi connectivity index (χ3v) is 6.95. The minimum absolute atomic E-state index is 0.0532. The molecule has 0 saturated heterocycles. The highest BCUT2D eigenvalue weighted by molar-refractivity contribution is 7.89. The minimum atomic E-state index is -3.94. The zero-order valence-corrected chi connectivity index (χ0v) is 19.4. The molecule has 0 bridgehead atoms. The first-order chi connectivity index (χ1) is 15.8. The molecule has 0 aliphatic rings. The second-order valence-corrected chi connectivity index (χ2v) is 9.60. The number of rotatable bonds is 10. The van der Waals surface area contributed by atoms with E-state index in [1.807, 2.05) is 31.2 Å². The van der Waals surface area contributed by atoms with Gasteiger partial charge in [-0.15, -0.1) is 0 Å². The Morgan fingerprint density at radius 1 is 0.939 bits per heavy atom. The van der Waals surface area contributed by atoms with Crippen LogP contribution in [0.5, 0.6) is 5.75 Å². The van der Waals surface area contributed by atoms with Crippen LogP contribution in [0.15, 0.2) is 77.7 Å². The summed E-state index contributed by atoms with van der Waals surface area (Å²) in [7, 11) is -2.35. The number of ether oxygens (including phenoxy) is 1. The van der Waals surface area contributed by atoms with Crippen molar-refractivity contribution in [3.8, 4) is 5.75 Å². The summed E-state index contributed by atoms with van der Waals surface area (Å²) in [5.41, 5.74) is 2.53. The summed E-state index contributed by atoms with van der Waals surface area (Å²) in [5, 5.41) is 2.78. The van der Waals surface area contributed by atoms with E-state index in [-0.39, 0.29) is 18.0 Å². The van der Waals surface area contributed by atoms with Gasteiger partial charge in [-0.1, -0.05) is 42.0 Å². The Morgan fingerprint density at radius 3 is 2.15 bits per heavy atom. The molecule has 1 amide bonds. The summed E-state index contributed by atoms with van der Waals surface area (Å²) in [4.78, 5) is 12.7. The van der Waals surface area contributed by atoms with Gasteiger partial charge in [0.1, 0.15) is 11.6 Å². The number of halogens is 1. The van der Waals surface area contributed by atoms with Crippen LogP contribution < -0.4 is 10.1 Å². The molecule has 0 aromatic heterocycles. The summed E-state index contributed by atoms with van der Waals surface area (Å²) < 4.78 is 46.1. The highest BCUT2D eigenvalue weighted by Crippen LogP contribution is 2.19. The fourth-order valence-electron chi connectivity index (χ4n) is 3.23. The highest BCUT2D eigenvalue weighted by atomic mass is 32.2. The summed E-state index contributed by atoms with van der Waals surface area (Å²) in [6.07, 6.45) is 0.596. The third-order valence-electron chi connectivity index (χ3n) is 5.15. The zero-order chi connectivity index (χ0) is 23.8. The molecule has 6 nitrogen and oxygen atoms in total. The fourth-order valence-corrected chi connectivity index (χ4v) is 4.62. The van der Waals surface area contributed by atoms with Gasteiger partial charge in [-0.25, -0.2) is 12.8 Å². The zero-order valence-electron chi connectivity index (χ0n) is 18.6. The standard InChI is InChI=1S/C25H27FN2O4S/c1-19-3-13-24(14-4-19)33(30,31)28(17-21-5-9-22(26)10-6-21)18-25(29)27-16-15-20-7-11-23(32-2)12-8-20/h3-14H,15-18H2,1-2H3,(H,27,29). The molecule has 0 spiro atoms.